The van der Waals surface area contributed by atoms with Crippen LogP contribution in [0, 0.1) is 11.7 Å². The fourth-order valence-electron chi connectivity index (χ4n) is 4.55. The number of halogens is 1. The van der Waals surface area contributed by atoms with Crippen molar-refractivity contribution in [3.63, 3.8) is 0 Å². The van der Waals surface area contributed by atoms with Gasteiger partial charge >= 0.3 is 0 Å². The average molecular weight is 540 g/mol. The molecule has 0 radical (unpaired) electrons. The molecule has 0 spiro atoms. The second kappa shape index (κ2) is 10.3. The first-order chi connectivity index (χ1) is 19.4. The summed E-state index contributed by atoms with van der Waals surface area (Å²) in [6.45, 7) is 3.25. The molecule has 5 aromatic rings. The first kappa shape index (κ1) is 25.3. The predicted molar refractivity (Wildman–Crippen MR) is 148 cm³/mol. The van der Waals surface area contributed by atoms with E-state index < -0.39 is 5.82 Å². The summed E-state index contributed by atoms with van der Waals surface area (Å²) in [6.07, 6.45) is 6.49. The molecule has 0 aliphatic carbocycles. The van der Waals surface area contributed by atoms with Crippen LogP contribution in [0.4, 0.5) is 21.7 Å². The van der Waals surface area contributed by atoms with Crippen molar-refractivity contribution >= 4 is 39.9 Å². The molecule has 4 aromatic heterocycles. The van der Waals surface area contributed by atoms with E-state index in [-0.39, 0.29) is 17.6 Å². The average Bonchev–Trinajstić information content (AvgIpc) is 3.52. The molecule has 6 rings (SSSR count). The standard InChI is InChI=1S/C28H26FN9O2/c1-17-14-37(28(39)20(17)9-10-36(2)3)24-7-5-22-26(35-24)27(32-15-30-22)34-18-4-6-23(21(29)12-18)40-19-8-11-38-25(13-19)31-16-33-38/h4-9,11-13,15-17H,10,14H2,1-3H3,(H,30,32,34)/b20-9+/t17-/m0/s1. The third-order valence-electron chi connectivity index (χ3n) is 6.57. The van der Waals surface area contributed by atoms with Crippen LogP contribution in [0.1, 0.15) is 6.92 Å². The zero-order valence-electron chi connectivity index (χ0n) is 22.1. The topological polar surface area (TPSA) is 114 Å². The maximum absolute atomic E-state index is 15.0. The maximum Gasteiger partial charge on any atom is 0.255 e. The Labute approximate surface area is 229 Å². The zero-order valence-corrected chi connectivity index (χ0v) is 22.1. The van der Waals surface area contributed by atoms with Crippen LogP contribution >= 0.6 is 0 Å². The van der Waals surface area contributed by atoms with Crippen LogP contribution in [0.5, 0.6) is 11.5 Å². The number of benzene rings is 1. The van der Waals surface area contributed by atoms with E-state index in [1.807, 2.05) is 32.0 Å². The van der Waals surface area contributed by atoms with Gasteiger partial charge in [0.15, 0.2) is 23.0 Å². The molecule has 11 nitrogen and oxygen atoms in total. The van der Waals surface area contributed by atoms with Crippen LogP contribution in [-0.4, -0.2) is 67.5 Å². The minimum absolute atomic E-state index is 0.0576. The Hall–Kier alpha value is -4.97. The Morgan fingerprint density at radius 1 is 1.12 bits per heavy atom. The molecule has 0 saturated carbocycles. The van der Waals surface area contributed by atoms with Gasteiger partial charge in [-0.05, 0) is 44.4 Å². The summed E-state index contributed by atoms with van der Waals surface area (Å²) in [5.74, 6) is 0.846. The number of nitrogens with zero attached hydrogens (tertiary/aromatic N) is 8. The number of hydrogen-bond donors (Lipinski definition) is 1. The van der Waals surface area contributed by atoms with Gasteiger partial charge in [-0.1, -0.05) is 13.0 Å². The molecule has 1 aliphatic rings. The Balaban J connectivity index is 1.24. The highest BCUT2D eigenvalue weighted by Crippen LogP contribution is 2.32. The molecular weight excluding hydrogens is 513 g/mol. The lowest BCUT2D eigenvalue weighted by atomic mass is 10.0. The maximum atomic E-state index is 15.0. The number of hydrogen-bond acceptors (Lipinski definition) is 9. The molecular formula is C28H26FN9O2. The fraction of sp³-hybridized carbons (Fsp3) is 0.214. The van der Waals surface area contributed by atoms with Gasteiger partial charge < -0.3 is 15.0 Å². The molecule has 1 fully saturated rings. The highest BCUT2D eigenvalue weighted by atomic mass is 19.1. The third-order valence-corrected chi connectivity index (χ3v) is 6.57. The van der Waals surface area contributed by atoms with Crippen molar-refractivity contribution in [2.24, 2.45) is 5.92 Å². The van der Waals surface area contributed by atoms with Gasteiger partial charge in [-0.25, -0.2) is 28.8 Å². The monoisotopic (exact) mass is 539 g/mol. The quantitative estimate of drug-likeness (QED) is 0.304. The second-order valence-electron chi connectivity index (χ2n) is 9.80. The van der Waals surface area contributed by atoms with E-state index in [9.17, 15) is 4.79 Å². The van der Waals surface area contributed by atoms with E-state index in [0.717, 1.165) is 5.57 Å². The Kier molecular flexibility index (Phi) is 6.52. The van der Waals surface area contributed by atoms with Gasteiger partial charge in [0.1, 0.15) is 29.7 Å². The molecule has 202 valence electrons. The third kappa shape index (κ3) is 4.92. The number of nitrogens with one attached hydrogen (secondary N) is 1. The van der Waals surface area contributed by atoms with Crippen molar-refractivity contribution in [3.8, 4) is 11.5 Å². The van der Waals surface area contributed by atoms with Crippen molar-refractivity contribution in [1.82, 2.24) is 34.4 Å². The van der Waals surface area contributed by atoms with Crippen LogP contribution < -0.4 is 15.0 Å². The van der Waals surface area contributed by atoms with E-state index in [1.54, 1.807) is 45.9 Å². The molecule has 5 heterocycles. The van der Waals surface area contributed by atoms with Crippen LogP contribution in [0.25, 0.3) is 16.7 Å². The number of ether oxygens (including phenoxy) is 1. The molecule has 1 aromatic carbocycles. The summed E-state index contributed by atoms with van der Waals surface area (Å²) >= 11 is 0. The number of fused-ring (bicyclic) bond motifs is 2. The lowest BCUT2D eigenvalue weighted by Crippen LogP contribution is -2.26. The van der Waals surface area contributed by atoms with Crippen molar-refractivity contribution in [1.29, 1.82) is 0 Å². The van der Waals surface area contributed by atoms with Gasteiger partial charge in [-0.2, -0.15) is 5.10 Å². The highest BCUT2D eigenvalue weighted by Gasteiger charge is 2.34. The molecule has 0 unspecified atom stereocenters. The second-order valence-corrected chi connectivity index (χ2v) is 9.80. The van der Waals surface area contributed by atoms with Crippen LogP contribution in [0.3, 0.4) is 0 Å². The molecule has 0 bridgehead atoms. The molecule has 1 N–H and O–H groups in total. The Morgan fingerprint density at radius 2 is 2.00 bits per heavy atom. The number of carbonyl (C=O) groups is 1. The number of amides is 1. The number of anilines is 3. The van der Waals surface area contributed by atoms with E-state index in [1.165, 1.54) is 24.8 Å². The number of aromatic nitrogens is 6. The zero-order chi connectivity index (χ0) is 27.8. The molecule has 12 heteroatoms. The summed E-state index contributed by atoms with van der Waals surface area (Å²) < 4.78 is 22.3. The fourth-order valence-corrected chi connectivity index (χ4v) is 4.55. The van der Waals surface area contributed by atoms with Gasteiger partial charge in [0.05, 0.1) is 5.52 Å². The summed E-state index contributed by atoms with van der Waals surface area (Å²) in [6, 6.07) is 11.4. The lowest BCUT2D eigenvalue weighted by molar-refractivity contribution is -0.114. The normalized spacial score (nSPS) is 16.5. The largest absolute Gasteiger partial charge is 0.454 e. The van der Waals surface area contributed by atoms with Crippen LogP contribution in [0.15, 0.2) is 73.0 Å². The first-order valence-electron chi connectivity index (χ1n) is 12.7. The van der Waals surface area contributed by atoms with Gasteiger partial charge in [-0.3, -0.25) is 9.69 Å². The molecule has 1 amide bonds. The Morgan fingerprint density at radius 3 is 2.83 bits per heavy atom. The van der Waals surface area contributed by atoms with E-state index >= 15 is 4.39 Å². The van der Waals surface area contributed by atoms with Crippen molar-refractivity contribution < 1.29 is 13.9 Å². The first-order valence-corrected chi connectivity index (χ1v) is 12.7. The van der Waals surface area contributed by atoms with Crippen molar-refractivity contribution in [3.05, 3.63) is 78.8 Å². The van der Waals surface area contributed by atoms with Crippen LogP contribution in [-0.2, 0) is 4.79 Å². The number of rotatable bonds is 7. The summed E-state index contributed by atoms with van der Waals surface area (Å²) in [5, 5.41) is 7.17. The minimum atomic E-state index is -0.563. The summed E-state index contributed by atoms with van der Waals surface area (Å²) in [7, 11) is 3.93. The minimum Gasteiger partial charge on any atom is -0.454 e. The molecule has 1 saturated heterocycles. The molecule has 1 atom stereocenters. The number of pyridine rings is 2. The van der Waals surface area contributed by atoms with E-state index in [2.05, 4.69) is 25.4 Å². The highest BCUT2D eigenvalue weighted by molar-refractivity contribution is 6.08. The van der Waals surface area contributed by atoms with Crippen molar-refractivity contribution in [2.45, 2.75) is 6.92 Å². The SMILES string of the molecule is C[C@H]1CN(c2ccc3ncnc(Nc4ccc(Oc5ccn6ncnc6c5)c(F)c4)c3n2)C(=O)/C1=C/CN(C)C. The number of carbonyl (C=O) groups excluding carboxylic acids is 1. The lowest BCUT2D eigenvalue weighted by Gasteiger charge is -2.16. The van der Waals surface area contributed by atoms with Gasteiger partial charge in [0.2, 0.25) is 0 Å². The van der Waals surface area contributed by atoms with Gasteiger partial charge in [-0.15, -0.1) is 0 Å². The predicted octanol–water partition coefficient (Wildman–Crippen LogP) is 4.21. The molecule has 1 aliphatic heterocycles. The summed E-state index contributed by atoms with van der Waals surface area (Å²) in [4.78, 5) is 34.4. The number of likely N-dealkylation sites (N-methyl/N-ethyl adjacent to an activating group) is 1. The Bertz CT molecular complexity index is 1770. The van der Waals surface area contributed by atoms with E-state index in [0.29, 0.717) is 52.8 Å². The van der Waals surface area contributed by atoms with Gasteiger partial charge in [0, 0.05) is 48.6 Å². The molecule has 40 heavy (non-hydrogen) atoms. The van der Waals surface area contributed by atoms with Crippen molar-refractivity contribution in [2.75, 3.05) is 37.4 Å². The van der Waals surface area contributed by atoms with Gasteiger partial charge in [0.25, 0.3) is 5.91 Å². The van der Waals surface area contributed by atoms with E-state index in [4.69, 9.17) is 9.72 Å². The van der Waals surface area contributed by atoms with Crippen LogP contribution in [0.2, 0.25) is 0 Å². The smallest absolute Gasteiger partial charge is 0.255 e. The summed E-state index contributed by atoms with van der Waals surface area (Å²) in [5.41, 5.74) is 2.87.